The number of hydrogen-bond acceptors (Lipinski definition) is 3. The van der Waals surface area contributed by atoms with E-state index < -0.39 is 0 Å². The molecule has 5 heteroatoms. The molecule has 0 aromatic carbocycles. The molecule has 1 saturated heterocycles. The van der Waals surface area contributed by atoms with Crippen molar-refractivity contribution in [3.05, 3.63) is 0 Å². The zero-order chi connectivity index (χ0) is 18.7. The molecule has 0 aromatic heterocycles. The van der Waals surface area contributed by atoms with Crippen LogP contribution in [0.3, 0.4) is 0 Å². The van der Waals surface area contributed by atoms with Crippen LogP contribution >= 0.6 is 0 Å². The van der Waals surface area contributed by atoms with E-state index >= 15 is 0 Å². The fraction of sp³-hybridized carbons (Fsp3) is 0.900. The Morgan fingerprint density at radius 2 is 1.68 bits per heavy atom. The van der Waals surface area contributed by atoms with Gasteiger partial charge in [-0.2, -0.15) is 0 Å². The van der Waals surface area contributed by atoms with Crippen molar-refractivity contribution in [3.63, 3.8) is 0 Å². The van der Waals surface area contributed by atoms with Gasteiger partial charge in [0.15, 0.2) is 0 Å². The molecule has 5 nitrogen and oxygen atoms in total. The predicted octanol–water partition coefficient (Wildman–Crippen LogP) is 3.23. The molecule has 1 heterocycles. The predicted molar refractivity (Wildman–Crippen MR) is 101 cm³/mol. The molecule has 0 bridgehead atoms. The maximum Gasteiger partial charge on any atom is 0.311 e. The molecule has 1 unspecified atom stereocenters. The molecule has 25 heavy (non-hydrogen) atoms. The highest BCUT2D eigenvalue weighted by Gasteiger charge is 2.35. The largest absolute Gasteiger partial charge is 0.459 e. The van der Waals surface area contributed by atoms with Crippen LogP contribution in [0.15, 0.2) is 0 Å². The molecular formula is C20H39N2O3+. The smallest absolute Gasteiger partial charge is 0.311 e. The van der Waals surface area contributed by atoms with Gasteiger partial charge in [0.1, 0.15) is 13.2 Å². The normalized spacial score (nSPS) is 18.0. The van der Waals surface area contributed by atoms with E-state index in [0.717, 1.165) is 24.0 Å². The first-order valence-electron chi connectivity index (χ1n) is 10.1. The van der Waals surface area contributed by atoms with Crippen molar-refractivity contribution in [1.29, 1.82) is 0 Å². The van der Waals surface area contributed by atoms with E-state index in [4.69, 9.17) is 4.74 Å². The van der Waals surface area contributed by atoms with Crippen LogP contribution in [-0.4, -0.2) is 68.6 Å². The van der Waals surface area contributed by atoms with Gasteiger partial charge in [-0.1, -0.05) is 51.9 Å². The molecule has 0 spiro atoms. The van der Waals surface area contributed by atoms with Crippen molar-refractivity contribution in [1.82, 2.24) is 4.90 Å². The summed E-state index contributed by atoms with van der Waals surface area (Å²) in [5.74, 6) is -0.370. The van der Waals surface area contributed by atoms with E-state index in [-0.39, 0.29) is 17.8 Å². The molecule has 0 saturated carbocycles. The van der Waals surface area contributed by atoms with Crippen LogP contribution < -0.4 is 0 Å². The molecule has 1 aliphatic rings. The van der Waals surface area contributed by atoms with Crippen molar-refractivity contribution in [2.24, 2.45) is 5.92 Å². The second kappa shape index (κ2) is 11.5. The van der Waals surface area contributed by atoms with Gasteiger partial charge in [-0.05, 0) is 6.42 Å². The molecular weight excluding hydrogens is 316 g/mol. The molecule has 1 atom stereocenters. The minimum Gasteiger partial charge on any atom is -0.459 e. The molecule has 0 radical (unpaired) electrons. The molecule has 0 N–H and O–H groups in total. The van der Waals surface area contributed by atoms with Crippen molar-refractivity contribution >= 4 is 11.9 Å². The standard InChI is InChI=1S/C20H39N2O3/c1-5-6-7-8-9-10-11-12-13-21-17-18(16-19(21)23)20(24)25-15-14-22(2,3)4/h18H,5-17H2,1-4H3/q+1. The summed E-state index contributed by atoms with van der Waals surface area (Å²) < 4.78 is 6.12. The molecule has 0 aromatic rings. The molecule has 1 aliphatic heterocycles. The second-order valence-corrected chi connectivity index (χ2v) is 8.40. The third-order valence-corrected chi connectivity index (χ3v) is 4.84. The Hall–Kier alpha value is -1.10. The second-order valence-electron chi connectivity index (χ2n) is 8.40. The van der Waals surface area contributed by atoms with Gasteiger partial charge in [0.05, 0.1) is 27.1 Å². The summed E-state index contributed by atoms with van der Waals surface area (Å²) in [6.45, 7) is 4.77. The van der Waals surface area contributed by atoms with Crippen molar-refractivity contribution < 1.29 is 18.8 Å². The van der Waals surface area contributed by atoms with E-state index in [1.165, 1.54) is 44.9 Å². The van der Waals surface area contributed by atoms with Crippen LogP contribution in [0.4, 0.5) is 0 Å². The lowest BCUT2D eigenvalue weighted by Crippen LogP contribution is -2.38. The SMILES string of the molecule is CCCCCCCCCCN1CC(C(=O)OCC[N+](C)(C)C)CC1=O. The average molecular weight is 356 g/mol. The number of quaternary nitrogens is 1. The number of rotatable bonds is 13. The van der Waals surface area contributed by atoms with E-state index in [9.17, 15) is 9.59 Å². The Bertz CT molecular complexity index is 404. The van der Waals surface area contributed by atoms with Crippen LogP contribution in [-0.2, 0) is 14.3 Å². The van der Waals surface area contributed by atoms with Gasteiger partial charge in [0.2, 0.25) is 5.91 Å². The van der Waals surface area contributed by atoms with Gasteiger partial charge >= 0.3 is 5.97 Å². The summed E-state index contributed by atoms with van der Waals surface area (Å²) in [4.78, 5) is 26.0. The van der Waals surface area contributed by atoms with Crippen LogP contribution in [0.5, 0.6) is 0 Å². The zero-order valence-corrected chi connectivity index (χ0v) is 16.9. The van der Waals surface area contributed by atoms with Gasteiger partial charge in [-0.25, -0.2) is 0 Å². The van der Waals surface area contributed by atoms with Gasteiger partial charge in [0, 0.05) is 19.5 Å². The Kier molecular flexibility index (Phi) is 10.1. The molecule has 1 amide bonds. The minimum atomic E-state index is -0.269. The topological polar surface area (TPSA) is 46.6 Å². The van der Waals surface area contributed by atoms with E-state index in [2.05, 4.69) is 28.1 Å². The number of carbonyl (C=O) groups excluding carboxylic acids is 2. The first kappa shape index (κ1) is 21.9. The lowest BCUT2D eigenvalue weighted by Gasteiger charge is -2.23. The third-order valence-electron chi connectivity index (χ3n) is 4.84. The molecule has 1 rings (SSSR count). The van der Waals surface area contributed by atoms with Crippen LogP contribution in [0.1, 0.15) is 64.7 Å². The van der Waals surface area contributed by atoms with E-state index in [0.29, 0.717) is 19.6 Å². The fourth-order valence-corrected chi connectivity index (χ4v) is 3.12. The number of hydrogen-bond donors (Lipinski definition) is 0. The number of ether oxygens (including phenoxy) is 1. The summed E-state index contributed by atoms with van der Waals surface area (Å²) in [5.41, 5.74) is 0. The number of likely N-dealkylation sites (tertiary alicyclic amines) is 1. The quantitative estimate of drug-likeness (QED) is 0.289. The molecule has 1 fully saturated rings. The van der Waals surface area contributed by atoms with Gasteiger partial charge in [-0.15, -0.1) is 0 Å². The van der Waals surface area contributed by atoms with Crippen molar-refractivity contribution in [2.45, 2.75) is 64.7 Å². The highest BCUT2D eigenvalue weighted by Crippen LogP contribution is 2.20. The Morgan fingerprint density at radius 3 is 2.28 bits per heavy atom. The lowest BCUT2D eigenvalue weighted by atomic mass is 10.1. The fourth-order valence-electron chi connectivity index (χ4n) is 3.12. The van der Waals surface area contributed by atoms with E-state index in [1.807, 2.05) is 4.90 Å². The monoisotopic (exact) mass is 355 g/mol. The van der Waals surface area contributed by atoms with Gasteiger partial charge < -0.3 is 14.1 Å². The van der Waals surface area contributed by atoms with Crippen molar-refractivity contribution in [2.75, 3.05) is 47.4 Å². The molecule has 0 aliphatic carbocycles. The summed E-state index contributed by atoms with van der Waals surface area (Å²) in [6.07, 6.45) is 10.4. The van der Waals surface area contributed by atoms with Crippen LogP contribution in [0.2, 0.25) is 0 Å². The maximum atomic E-state index is 12.1. The number of likely N-dealkylation sites (N-methyl/N-ethyl adjacent to an activating group) is 1. The van der Waals surface area contributed by atoms with Crippen LogP contribution in [0.25, 0.3) is 0 Å². The van der Waals surface area contributed by atoms with E-state index in [1.54, 1.807) is 0 Å². The first-order chi connectivity index (χ1) is 11.8. The zero-order valence-electron chi connectivity index (χ0n) is 16.9. The van der Waals surface area contributed by atoms with Crippen molar-refractivity contribution in [3.8, 4) is 0 Å². The Labute approximate surface area is 154 Å². The highest BCUT2D eigenvalue weighted by molar-refractivity contribution is 5.86. The maximum absolute atomic E-state index is 12.1. The summed E-state index contributed by atoms with van der Waals surface area (Å²) >= 11 is 0. The van der Waals surface area contributed by atoms with Gasteiger partial charge in [0.25, 0.3) is 0 Å². The highest BCUT2D eigenvalue weighted by atomic mass is 16.5. The number of esters is 1. The third kappa shape index (κ3) is 9.83. The summed E-state index contributed by atoms with van der Waals surface area (Å²) in [5, 5.41) is 0. The molecule has 146 valence electrons. The average Bonchev–Trinajstić information content (AvgIpc) is 2.90. The van der Waals surface area contributed by atoms with Crippen LogP contribution in [0, 0.1) is 5.92 Å². The number of unbranched alkanes of at least 4 members (excludes halogenated alkanes) is 7. The summed E-state index contributed by atoms with van der Waals surface area (Å²) in [6, 6.07) is 0. The number of carbonyl (C=O) groups is 2. The lowest BCUT2D eigenvalue weighted by molar-refractivity contribution is -0.870. The van der Waals surface area contributed by atoms with Gasteiger partial charge in [-0.3, -0.25) is 9.59 Å². The Morgan fingerprint density at radius 1 is 1.08 bits per heavy atom. The number of amides is 1. The first-order valence-corrected chi connectivity index (χ1v) is 10.1. The minimum absolute atomic E-state index is 0.108. The summed E-state index contributed by atoms with van der Waals surface area (Å²) in [7, 11) is 6.20. The Balaban J connectivity index is 2.13. The number of nitrogens with zero attached hydrogens (tertiary/aromatic N) is 2.